The molecule has 5 N–H and O–H groups in total. The molecule has 1 amide bonds. The van der Waals surface area contributed by atoms with Gasteiger partial charge in [0.25, 0.3) is 0 Å². The largest absolute Gasteiger partial charge is 0.372 e. The van der Waals surface area contributed by atoms with Crippen molar-refractivity contribution in [1.82, 2.24) is 29.9 Å². The van der Waals surface area contributed by atoms with E-state index in [0.717, 1.165) is 0 Å². The molecule has 3 aromatic rings. The van der Waals surface area contributed by atoms with Crippen LogP contribution in [0.25, 0.3) is 11.2 Å². The number of hydrogen-bond donors (Lipinski definition) is 4. The molecular formula is C14H16BrN9OS. The normalized spacial score (nSPS) is 12.1. The molecule has 0 spiro atoms. The van der Waals surface area contributed by atoms with E-state index in [0.29, 0.717) is 32.9 Å². The van der Waals surface area contributed by atoms with Gasteiger partial charge < -0.3 is 16.0 Å². The van der Waals surface area contributed by atoms with Crippen LogP contribution in [0, 0.1) is 0 Å². The number of fused-ring (bicyclic) bond motifs is 1. The molecule has 0 aliphatic heterocycles. The number of carbonyl (C=O) groups excluding carboxylic acids is 1. The average Bonchev–Trinajstić information content (AvgIpc) is 3.09. The quantitative estimate of drug-likeness (QED) is 0.335. The van der Waals surface area contributed by atoms with Gasteiger partial charge in [0.1, 0.15) is 16.4 Å². The lowest BCUT2D eigenvalue weighted by molar-refractivity contribution is -0.115. The maximum Gasteiger partial charge on any atom is 0.240 e. The Labute approximate surface area is 161 Å². The Hall–Kier alpha value is -2.47. The van der Waals surface area contributed by atoms with Crippen LogP contribution in [0.4, 0.5) is 17.7 Å². The second-order valence-electron chi connectivity index (χ2n) is 5.13. The van der Waals surface area contributed by atoms with Crippen molar-refractivity contribution in [3.05, 3.63) is 17.0 Å². The predicted molar refractivity (Wildman–Crippen MR) is 104 cm³/mol. The van der Waals surface area contributed by atoms with Crippen molar-refractivity contribution in [1.29, 1.82) is 0 Å². The topological polar surface area (TPSA) is 147 Å². The van der Waals surface area contributed by atoms with Crippen LogP contribution >= 0.6 is 27.7 Å². The second kappa shape index (κ2) is 7.83. The lowest BCUT2D eigenvalue weighted by Gasteiger charge is -2.14. The summed E-state index contributed by atoms with van der Waals surface area (Å²) >= 11 is 4.61. The maximum atomic E-state index is 12.6. The minimum Gasteiger partial charge on any atom is -0.372 e. The van der Waals surface area contributed by atoms with E-state index in [1.807, 2.05) is 6.92 Å². The minimum absolute atomic E-state index is 0.109. The van der Waals surface area contributed by atoms with Crippen molar-refractivity contribution in [3.63, 3.8) is 0 Å². The molecule has 26 heavy (non-hydrogen) atoms. The van der Waals surface area contributed by atoms with Crippen molar-refractivity contribution in [3.8, 4) is 0 Å². The third-order valence-corrected chi connectivity index (χ3v) is 5.33. The van der Waals surface area contributed by atoms with Gasteiger partial charge in [-0.25, -0.2) is 15.0 Å². The summed E-state index contributed by atoms with van der Waals surface area (Å²) in [5.41, 5.74) is 6.83. The molecule has 3 rings (SSSR count). The van der Waals surface area contributed by atoms with Gasteiger partial charge >= 0.3 is 0 Å². The first kappa shape index (κ1) is 18.3. The fourth-order valence-electron chi connectivity index (χ4n) is 2.16. The number of aromatic amines is 1. The zero-order chi connectivity index (χ0) is 18.7. The molecular weight excluding hydrogens is 422 g/mol. The number of nitrogen functional groups attached to an aromatic ring is 1. The lowest BCUT2D eigenvalue weighted by Crippen LogP contribution is -2.26. The molecule has 0 radical (unpaired) electrons. The van der Waals surface area contributed by atoms with Crippen LogP contribution < -0.4 is 16.4 Å². The molecule has 3 heterocycles. The number of amides is 1. The number of halogens is 1. The average molecular weight is 438 g/mol. The lowest BCUT2D eigenvalue weighted by atomic mass is 10.3. The van der Waals surface area contributed by atoms with Gasteiger partial charge in [0.2, 0.25) is 17.8 Å². The molecule has 136 valence electrons. The highest BCUT2D eigenvalue weighted by atomic mass is 79.9. The molecule has 1 atom stereocenters. The van der Waals surface area contributed by atoms with Gasteiger partial charge in [-0.2, -0.15) is 9.97 Å². The highest BCUT2D eigenvalue weighted by molar-refractivity contribution is 9.10. The molecule has 0 aliphatic carbocycles. The number of rotatable bonds is 6. The van der Waals surface area contributed by atoms with Crippen LogP contribution in [0.2, 0.25) is 0 Å². The van der Waals surface area contributed by atoms with E-state index in [1.54, 1.807) is 13.2 Å². The van der Waals surface area contributed by atoms with Gasteiger partial charge in [-0.05, 0) is 22.4 Å². The van der Waals surface area contributed by atoms with E-state index in [9.17, 15) is 4.79 Å². The number of nitrogens with one attached hydrogen (secondary N) is 3. The summed E-state index contributed by atoms with van der Waals surface area (Å²) in [5, 5.41) is 5.80. The summed E-state index contributed by atoms with van der Waals surface area (Å²) in [4.78, 5) is 36.3. The Kier molecular flexibility index (Phi) is 5.52. The number of aromatic nitrogens is 6. The Morgan fingerprint density at radius 2 is 2.19 bits per heavy atom. The van der Waals surface area contributed by atoms with Crippen molar-refractivity contribution >= 4 is 62.5 Å². The number of anilines is 3. The number of nitrogens with two attached hydrogens (primary N) is 1. The zero-order valence-corrected chi connectivity index (χ0v) is 16.3. The molecule has 0 aliphatic rings. The van der Waals surface area contributed by atoms with Gasteiger partial charge in [-0.15, -0.1) is 0 Å². The van der Waals surface area contributed by atoms with E-state index in [4.69, 9.17) is 5.73 Å². The van der Waals surface area contributed by atoms with E-state index in [1.165, 1.54) is 18.1 Å². The molecule has 10 nitrogen and oxygen atoms in total. The second-order valence-corrected chi connectivity index (χ2v) is 7.18. The maximum absolute atomic E-state index is 12.6. The first-order valence-corrected chi connectivity index (χ1v) is 9.33. The first-order valence-electron chi connectivity index (χ1n) is 7.66. The number of carbonyl (C=O) groups is 1. The van der Waals surface area contributed by atoms with Crippen molar-refractivity contribution in [2.45, 2.75) is 23.6 Å². The van der Waals surface area contributed by atoms with E-state index in [-0.39, 0.29) is 17.8 Å². The number of thioether (sulfide) groups is 1. The summed E-state index contributed by atoms with van der Waals surface area (Å²) in [7, 11) is 1.73. The Morgan fingerprint density at radius 1 is 1.38 bits per heavy atom. The monoisotopic (exact) mass is 437 g/mol. The summed E-state index contributed by atoms with van der Waals surface area (Å²) < 4.78 is 0.706. The SMILES string of the molecule is CC[C@H](Sc1nc(N)nc2nc[nH]c12)C(=O)Nc1ncc(Br)c(NC)n1. The number of imidazole rings is 1. The third kappa shape index (κ3) is 3.85. The van der Waals surface area contributed by atoms with Crippen LogP contribution in [-0.2, 0) is 4.79 Å². The third-order valence-electron chi connectivity index (χ3n) is 3.40. The van der Waals surface area contributed by atoms with Gasteiger partial charge in [-0.1, -0.05) is 18.7 Å². The van der Waals surface area contributed by atoms with Crippen LogP contribution in [0.3, 0.4) is 0 Å². The fourth-order valence-corrected chi connectivity index (χ4v) is 3.56. The molecule has 0 saturated heterocycles. The summed E-state index contributed by atoms with van der Waals surface area (Å²) in [6.07, 6.45) is 3.66. The summed E-state index contributed by atoms with van der Waals surface area (Å²) in [6.45, 7) is 1.91. The summed E-state index contributed by atoms with van der Waals surface area (Å²) in [5.74, 6) is 0.679. The highest BCUT2D eigenvalue weighted by Crippen LogP contribution is 2.29. The van der Waals surface area contributed by atoms with E-state index < -0.39 is 5.25 Å². The van der Waals surface area contributed by atoms with Crippen molar-refractivity contribution in [2.75, 3.05) is 23.4 Å². The molecule has 3 aromatic heterocycles. The molecule has 0 unspecified atom stereocenters. The number of H-pyrrole nitrogens is 1. The number of nitrogens with zero attached hydrogens (tertiary/aromatic N) is 5. The van der Waals surface area contributed by atoms with E-state index >= 15 is 0 Å². The fraction of sp³-hybridized carbons (Fsp3) is 0.286. The highest BCUT2D eigenvalue weighted by Gasteiger charge is 2.22. The zero-order valence-electron chi connectivity index (χ0n) is 13.9. The van der Waals surface area contributed by atoms with Gasteiger partial charge in [0.05, 0.1) is 16.0 Å². The van der Waals surface area contributed by atoms with Gasteiger partial charge in [0.15, 0.2) is 5.65 Å². The van der Waals surface area contributed by atoms with Gasteiger partial charge in [-0.3, -0.25) is 10.1 Å². The minimum atomic E-state index is -0.416. The van der Waals surface area contributed by atoms with Crippen molar-refractivity contribution < 1.29 is 4.79 Å². The molecule has 0 fully saturated rings. The molecule has 0 bridgehead atoms. The van der Waals surface area contributed by atoms with Crippen LogP contribution in [-0.4, -0.2) is 48.1 Å². The van der Waals surface area contributed by atoms with E-state index in [2.05, 4.69) is 56.5 Å². The molecule has 12 heteroatoms. The van der Waals surface area contributed by atoms with Crippen LogP contribution in [0.5, 0.6) is 0 Å². The summed E-state index contributed by atoms with van der Waals surface area (Å²) in [6, 6.07) is 0. The number of hydrogen-bond acceptors (Lipinski definition) is 9. The Bertz CT molecular complexity index is 947. The van der Waals surface area contributed by atoms with Crippen LogP contribution in [0.1, 0.15) is 13.3 Å². The molecule has 0 saturated carbocycles. The smallest absolute Gasteiger partial charge is 0.240 e. The molecule has 0 aromatic carbocycles. The van der Waals surface area contributed by atoms with Crippen LogP contribution in [0.15, 0.2) is 22.0 Å². The van der Waals surface area contributed by atoms with Crippen molar-refractivity contribution in [2.24, 2.45) is 0 Å². The van der Waals surface area contributed by atoms with Gasteiger partial charge in [0, 0.05) is 13.2 Å². The standard InChI is InChI=1S/C14H16BrN9OS/c1-3-7(11(25)23-14-18-4-6(15)9(17-2)22-14)26-12-8-10(20-5-19-8)21-13(16)24-12/h4-5,7H,3H2,1-2H3,(H3,16,19,20,21,24)(H2,17,18,22,23,25)/t7-/m0/s1. The Morgan fingerprint density at radius 3 is 2.92 bits per heavy atom. The predicted octanol–water partition coefficient (Wildman–Crippen LogP) is 2.04. The Balaban J connectivity index is 1.79. The first-order chi connectivity index (χ1) is 12.5.